The molecule has 0 bridgehead atoms. The molecule has 1 aliphatic rings. The van der Waals surface area contributed by atoms with Gasteiger partial charge in [0.05, 0.1) is 21.5 Å². The van der Waals surface area contributed by atoms with Crippen molar-refractivity contribution in [3.63, 3.8) is 0 Å². The number of hydrogen-bond acceptors (Lipinski definition) is 4. The minimum Gasteiger partial charge on any atom is -0.308 e. The first kappa shape index (κ1) is 20.1. The first-order valence-corrected chi connectivity index (χ1v) is 11.7. The lowest BCUT2D eigenvalue weighted by Gasteiger charge is -2.20. The maximum absolute atomic E-state index is 13.3. The Bertz CT molecular complexity index is 1200. The predicted octanol–water partition coefficient (Wildman–Crippen LogP) is 3.49. The molecule has 3 aromatic rings. The van der Waals surface area contributed by atoms with Gasteiger partial charge in [-0.3, -0.25) is 9.69 Å². The molecule has 4 rings (SSSR count). The van der Waals surface area contributed by atoms with Crippen LogP contribution in [-0.4, -0.2) is 47.8 Å². The molecule has 0 spiro atoms. The number of halogens is 1. The molecule has 0 fully saturated rings. The average Bonchev–Trinajstić information content (AvgIpc) is 3.27. The second-order valence-electron chi connectivity index (χ2n) is 6.74. The van der Waals surface area contributed by atoms with Crippen LogP contribution < -0.4 is 4.90 Å². The van der Waals surface area contributed by atoms with Gasteiger partial charge in [0.15, 0.2) is 0 Å². The number of hydrogen-bond donors (Lipinski definition) is 0. The molecule has 29 heavy (non-hydrogen) atoms. The lowest BCUT2D eigenvalue weighted by atomic mass is 10.2. The number of carbonyl (C=O) groups is 1. The largest absolute Gasteiger partial charge is 0.308 e. The number of anilines is 1. The molecule has 1 aliphatic heterocycles. The number of sulfonamides is 1. The van der Waals surface area contributed by atoms with Crippen molar-refractivity contribution in [3.05, 3.63) is 52.5 Å². The van der Waals surface area contributed by atoms with Crippen LogP contribution >= 0.6 is 15.9 Å². The van der Waals surface area contributed by atoms with Gasteiger partial charge in [0, 0.05) is 30.7 Å². The van der Waals surface area contributed by atoms with Gasteiger partial charge in [-0.05, 0) is 46.3 Å². The molecule has 152 valence electrons. The van der Waals surface area contributed by atoms with Gasteiger partial charge in [0.1, 0.15) is 0 Å². The van der Waals surface area contributed by atoms with Crippen LogP contribution in [0.3, 0.4) is 0 Å². The predicted molar refractivity (Wildman–Crippen MR) is 116 cm³/mol. The van der Waals surface area contributed by atoms with Gasteiger partial charge in [-0.15, -0.1) is 0 Å². The van der Waals surface area contributed by atoms with E-state index in [0.717, 1.165) is 11.0 Å². The Morgan fingerprint density at radius 2 is 1.86 bits per heavy atom. The van der Waals surface area contributed by atoms with Crippen LogP contribution in [0.2, 0.25) is 0 Å². The first-order valence-electron chi connectivity index (χ1n) is 9.45. The lowest BCUT2D eigenvalue weighted by Crippen LogP contribution is -2.32. The summed E-state index contributed by atoms with van der Waals surface area (Å²) >= 11 is 3.41. The van der Waals surface area contributed by atoms with Crippen LogP contribution in [-0.2, 0) is 16.6 Å². The maximum atomic E-state index is 13.3. The summed E-state index contributed by atoms with van der Waals surface area (Å²) < 4.78 is 29.7. The van der Waals surface area contributed by atoms with Gasteiger partial charge in [0.2, 0.25) is 16.0 Å². The number of carbonyl (C=O) groups excluding carboxylic acids is 1. The van der Waals surface area contributed by atoms with Gasteiger partial charge in [0.25, 0.3) is 5.91 Å². The molecule has 0 atom stereocenters. The Hall–Kier alpha value is -2.23. The molecule has 9 heteroatoms. The van der Waals surface area contributed by atoms with Crippen molar-refractivity contribution in [2.45, 2.75) is 25.3 Å². The average molecular weight is 477 g/mol. The quantitative estimate of drug-likeness (QED) is 0.564. The number of fused-ring (bicyclic) bond motifs is 3. The summed E-state index contributed by atoms with van der Waals surface area (Å²) in [4.78, 5) is 19.6. The van der Waals surface area contributed by atoms with Crippen molar-refractivity contribution < 1.29 is 13.2 Å². The number of para-hydroxylation sites is 2. The van der Waals surface area contributed by atoms with E-state index >= 15 is 0 Å². The highest BCUT2D eigenvalue weighted by Gasteiger charge is 2.31. The molecular formula is C20H21BrN4O3S. The Kier molecular flexibility index (Phi) is 5.22. The van der Waals surface area contributed by atoms with E-state index in [1.54, 1.807) is 24.8 Å². The summed E-state index contributed by atoms with van der Waals surface area (Å²) in [5.41, 5.74) is 2.12. The standard InChI is InChI=1S/C20H21BrN4O3S/c1-3-23(4-2)29(27,28)14-9-10-16(21)15(13-14)19(26)25-12-11-24-18-8-6-5-7-17(18)22-20(24)25/h5-10,13H,3-4,11-12H2,1-2H3. The van der Waals surface area contributed by atoms with Gasteiger partial charge >= 0.3 is 0 Å². The van der Waals surface area contributed by atoms with Crippen LogP contribution in [0.1, 0.15) is 24.2 Å². The number of benzene rings is 2. The zero-order valence-electron chi connectivity index (χ0n) is 16.2. The Balaban J connectivity index is 1.74. The number of amides is 1. The fourth-order valence-corrected chi connectivity index (χ4v) is 5.57. The first-order chi connectivity index (χ1) is 13.9. The van der Waals surface area contributed by atoms with Crippen LogP contribution in [0.15, 0.2) is 51.8 Å². The molecule has 1 amide bonds. The normalized spacial score (nSPS) is 14.0. The number of aromatic nitrogens is 2. The molecule has 0 radical (unpaired) electrons. The van der Waals surface area contributed by atoms with Crippen LogP contribution in [0.5, 0.6) is 0 Å². The molecule has 2 aromatic carbocycles. The van der Waals surface area contributed by atoms with Crippen molar-refractivity contribution in [2.24, 2.45) is 0 Å². The van der Waals surface area contributed by atoms with E-state index in [0.29, 0.717) is 42.2 Å². The topological polar surface area (TPSA) is 75.5 Å². The van der Waals surface area contributed by atoms with Crippen molar-refractivity contribution in [3.8, 4) is 0 Å². The van der Waals surface area contributed by atoms with Crippen LogP contribution in [0.25, 0.3) is 11.0 Å². The lowest BCUT2D eigenvalue weighted by molar-refractivity contribution is 0.0988. The van der Waals surface area contributed by atoms with E-state index in [9.17, 15) is 13.2 Å². The number of rotatable bonds is 5. The highest BCUT2D eigenvalue weighted by atomic mass is 79.9. The summed E-state index contributed by atoms with van der Waals surface area (Å²) in [5.74, 6) is 0.308. The zero-order chi connectivity index (χ0) is 20.8. The molecule has 1 aromatic heterocycles. The van der Waals surface area contributed by atoms with Gasteiger partial charge < -0.3 is 4.57 Å². The van der Waals surface area contributed by atoms with Gasteiger partial charge in [-0.2, -0.15) is 4.31 Å². The number of nitrogens with zero attached hydrogens (tertiary/aromatic N) is 4. The third kappa shape index (κ3) is 3.27. The van der Waals surface area contributed by atoms with Gasteiger partial charge in [-0.1, -0.05) is 26.0 Å². The third-order valence-electron chi connectivity index (χ3n) is 5.18. The summed E-state index contributed by atoms with van der Waals surface area (Å²) in [6.45, 7) is 5.46. The SMILES string of the molecule is CCN(CC)S(=O)(=O)c1ccc(Br)c(C(=O)N2CCn3c2nc2ccccc23)c1. The summed E-state index contributed by atoms with van der Waals surface area (Å²) in [6.07, 6.45) is 0. The van der Waals surface area contributed by atoms with E-state index < -0.39 is 10.0 Å². The molecule has 0 saturated heterocycles. The van der Waals surface area contributed by atoms with E-state index in [4.69, 9.17) is 0 Å². The van der Waals surface area contributed by atoms with Gasteiger partial charge in [-0.25, -0.2) is 13.4 Å². The summed E-state index contributed by atoms with van der Waals surface area (Å²) in [6, 6.07) is 12.3. The van der Waals surface area contributed by atoms with Crippen molar-refractivity contribution in [2.75, 3.05) is 24.5 Å². The van der Waals surface area contributed by atoms with E-state index in [-0.39, 0.29) is 10.8 Å². The van der Waals surface area contributed by atoms with E-state index in [2.05, 4.69) is 20.9 Å². The Labute approximate surface area is 178 Å². The second kappa shape index (κ2) is 7.55. The van der Waals surface area contributed by atoms with Crippen LogP contribution in [0.4, 0.5) is 5.95 Å². The third-order valence-corrected chi connectivity index (χ3v) is 7.92. The number of imidazole rings is 1. The highest BCUT2D eigenvalue weighted by Crippen LogP contribution is 2.31. The van der Waals surface area contributed by atoms with E-state index in [1.807, 2.05) is 28.8 Å². The Morgan fingerprint density at radius 3 is 2.59 bits per heavy atom. The maximum Gasteiger partial charge on any atom is 0.261 e. The summed E-state index contributed by atoms with van der Waals surface area (Å²) in [7, 11) is -3.66. The van der Waals surface area contributed by atoms with Crippen molar-refractivity contribution in [1.82, 2.24) is 13.9 Å². The Morgan fingerprint density at radius 1 is 1.14 bits per heavy atom. The molecule has 7 nitrogen and oxygen atoms in total. The monoisotopic (exact) mass is 476 g/mol. The smallest absolute Gasteiger partial charge is 0.261 e. The minimum atomic E-state index is -3.66. The molecule has 0 saturated carbocycles. The fraction of sp³-hybridized carbons (Fsp3) is 0.300. The molecular weight excluding hydrogens is 456 g/mol. The van der Waals surface area contributed by atoms with Crippen molar-refractivity contribution >= 4 is 48.8 Å². The molecule has 0 unspecified atom stereocenters. The van der Waals surface area contributed by atoms with Crippen molar-refractivity contribution in [1.29, 1.82) is 0 Å². The molecule has 2 heterocycles. The second-order valence-corrected chi connectivity index (χ2v) is 9.53. The summed E-state index contributed by atoms with van der Waals surface area (Å²) in [5, 5.41) is 0. The highest BCUT2D eigenvalue weighted by molar-refractivity contribution is 9.10. The zero-order valence-corrected chi connectivity index (χ0v) is 18.6. The fourth-order valence-electron chi connectivity index (χ4n) is 3.67. The molecule has 0 N–H and O–H groups in total. The van der Waals surface area contributed by atoms with E-state index in [1.165, 1.54) is 16.4 Å². The molecule has 0 aliphatic carbocycles. The van der Waals surface area contributed by atoms with Crippen LogP contribution in [0, 0.1) is 0 Å². The minimum absolute atomic E-state index is 0.112.